The highest BCUT2D eigenvalue weighted by Gasteiger charge is 2.33. The van der Waals surface area contributed by atoms with Gasteiger partial charge >= 0.3 is 11.9 Å². The highest BCUT2D eigenvalue weighted by Crippen LogP contribution is 2.38. The molecule has 0 saturated carbocycles. The van der Waals surface area contributed by atoms with Gasteiger partial charge in [-0.15, -0.1) is 0 Å². The third-order valence-corrected chi connectivity index (χ3v) is 3.19. The van der Waals surface area contributed by atoms with Crippen molar-refractivity contribution in [3.05, 3.63) is 38.4 Å². The molecule has 0 unspecified atom stereocenters. The Labute approximate surface area is 121 Å². The van der Waals surface area contributed by atoms with E-state index in [-0.39, 0.29) is 22.6 Å². The van der Waals surface area contributed by atoms with E-state index in [2.05, 4.69) is 0 Å². The lowest BCUT2D eigenvalue weighted by Crippen LogP contribution is -2.16. The highest BCUT2D eigenvalue weighted by atomic mass is 16.6. The van der Waals surface area contributed by atoms with Crippen LogP contribution in [0.1, 0.15) is 71.4 Å². The Balaban J connectivity index is 4.03. The standard InChI is InChI=1S/C14H17NO6/c1-6(2)8-5-9(13(16)17)12(15(20)21)10(7(3)4)11(8)14(18)19/h5-7H,1-4H3,(H,16,17)(H,18,19). The van der Waals surface area contributed by atoms with Gasteiger partial charge < -0.3 is 10.2 Å². The number of nitrogens with zero attached hydrogens (tertiary/aromatic N) is 1. The van der Waals surface area contributed by atoms with Crippen LogP contribution >= 0.6 is 0 Å². The number of nitro groups is 1. The predicted molar refractivity (Wildman–Crippen MR) is 75.2 cm³/mol. The van der Waals surface area contributed by atoms with Crippen molar-refractivity contribution in [2.24, 2.45) is 0 Å². The molecule has 7 heteroatoms. The summed E-state index contributed by atoms with van der Waals surface area (Å²) in [4.78, 5) is 33.3. The molecule has 114 valence electrons. The lowest BCUT2D eigenvalue weighted by atomic mass is 9.85. The zero-order chi connectivity index (χ0) is 16.5. The van der Waals surface area contributed by atoms with E-state index in [1.165, 1.54) is 0 Å². The lowest BCUT2D eigenvalue weighted by Gasteiger charge is -2.18. The van der Waals surface area contributed by atoms with Gasteiger partial charge in [0, 0.05) is 5.56 Å². The number of benzene rings is 1. The van der Waals surface area contributed by atoms with Gasteiger partial charge in [0.1, 0.15) is 5.56 Å². The number of nitro benzene ring substituents is 1. The molecule has 0 atom stereocenters. The molecule has 0 radical (unpaired) electrons. The summed E-state index contributed by atoms with van der Waals surface area (Å²) in [6.07, 6.45) is 0. The molecule has 0 amide bonds. The zero-order valence-corrected chi connectivity index (χ0v) is 12.2. The molecule has 21 heavy (non-hydrogen) atoms. The topological polar surface area (TPSA) is 118 Å². The summed E-state index contributed by atoms with van der Waals surface area (Å²) in [7, 11) is 0. The van der Waals surface area contributed by atoms with E-state index < -0.39 is 34.0 Å². The molecule has 0 aromatic heterocycles. The van der Waals surface area contributed by atoms with Crippen molar-refractivity contribution in [2.45, 2.75) is 39.5 Å². The molecule has 1 rings (SSSR count). The van der Waals surface area contributed by atoms with Gasteiger partial charge in [-0.2, -0.15) is 0 Å². The van der Waals surface area contributed by atoms with E-state index in [4.69, 9.17) is 0 Å². The third kappa shape index (κ3) is 3.01. The minimum atomic E-state index is -1.44. The van der Waals surface area contributed by atoms with Crippen LogP contribution in [0, 0.1) is 10.1 Å². The second-order valence-corrected chi connectivity index (χ2v) is 5.33. The Morgan fingerprint density at radius 1 is 1.10 bits per heavy atom. The summed E-state index contributed by atoms with van der Waals surface area (Å²) in [6.45, 7) is 6.63. The highest BCUT2D eigenvalue weighted by molar-refractivity contribution is 5.99. The smallest absolute Gasteiger partial charge is 0.342 e. The molecular weight excluding hydrogens is 278 g/mol. The first kappa shape index (κ1) is 16.6. The van der Waals surface area contributed by atoms with E-state index in [1.807, 2.05) is 0 Å². The van der Waals surface area contributed by atoms with Gasteiger partial charge in [0.15, 0.2) is 0 Å². The van der Waals surface area contributed by atoms with Crippen molar-refractivity contribution in [1.82, 2.24) is 0 Å². The van der Waals surface area contributed by atoms with Crippen LogP contribution in [0.2, 0.25) is 0 Å². The molecule has 0 aliphatic carbocycles. The van der Waals surface area contributed by atoms with Crippen LogP contribution in [0.3, 0.4) is 0 Å². The fourth-order valence-corrected chi connectivity index (χ4v) is 2.33. The summed E-state index contributed by atoms with van der Waals surface area (Å²) < 4.78 is 0. The van der Waals surface area contributed by atoms with Crippen molar-refractivity contribution < 1.29 is 24.7 Å². The fourth-order valence-electron chi connectivity index (χ4n) is 2.33. The molecule has 0 aliphatic rings. The van der Waals surface area contributed by atoms with Crippen molar-refractivity contribution in [3.63, 3.8) is 0 Å². The Kier molecular flexibility index (Phi) is 4.67. The SMILES string of the molecule is CC(C)c1cc(C(=O)O)c([N+](=O)[O-])c(C(C)C)c1C(=O)O. The maximum Gasteiger partial charge on any atom is 0.342 e. The van der Waals surface area contributed by atoms with Gasteiger partial charge in [0.25, 0.3) is 5.69 Å². The maximum atomic E-state index is 11.5. The van der Waals surface area contributed by atoms with Gasteiger partial charge in [0.2, 0.25) is 0 Å². The molecule has 0 aliphatic heterocycles. The van der Waals surface area contributed by atoms with Gasteiger partial charge in [-0.25, -0.2) is 9.59 Å². The molecular formula is C14H17NO6. The molecule has 0 spiro atoms. The average molecular weight is 295 g/mol. The first-order valence-corrected chi connectivity index (χ1v) is 6.41. The Morgan fingerprint density at radius 3 is 1.90 bits per heavy atom. The van der Waals surface area contributed by atoms with Crippen LogP contribution in [0.15, 0.2) is 6.07 Å². The minimum absolute atomic E-state index is 0.0453. The van der Waals surface area contributed by atoms with Crippen molar-refractivity contribution >= 4 is 17.6 Å². The average Bonchev–Trinajstić information content (AvgIpc) is 2.34. The molecule has 0 saturated heterocycles. The van der Waals surface area contributed by atoms with Crippen LogP contribution in [-0.4, -0.2) is 27.1 Å². The number of carbonyl (C=O) groups is 2. The summed E-state index contributed by atoms with van der Waals surface area (Å²) >= 11 is 0. The molecule has 0 fully saturated rings. The molecule has 1 aromatic rings. The molecule has 1 aromatic carbocycles. The quantitative estimate of drug-likeness (QED) is 0.636. The Hall–Kier alpha value is -2.44. The Bertz CT molecular complexity index is 618. The number of carboxylic acid groups (broad SMARTS) is 2. The zero-order valence-electron chi connectivity index (χ0n) is 12.2. The summed E-state index contributed by atoms with van der Waals surface area (Å²) in [5, 5.41) is 29.9. The van der Waals surface area contributed by atoms with Gasteiger partial charge in [-0.3, -0.25) is 10.1 Å². The second-order valence-electron chi connectivity index (χ2n) is 5.33. The summed E-state index contributed by atoms with van der Waals surface area (Å²) in [6, 6.07) is 1.10. The monoisotopic (exact) mass is 295 g/mol. The van der Waals surface area contributed by atoms with Crippen LogP contribution in [0.4, 0.5) is 5.69 Å². The minimum Gasteiger partial charge on any atom is -0.478 e. The number of hydrogen-bond donors (Lipinski definition) is 2. The van der Waals surface area contributed by atoms with Crippen molar-refractivity contribution in [2.75, 3.05) is 0 Å². The van der Waals surface area contributed by atoms with Crippen LogP contribution < -0.4 is 0 Å². The van der Waals surface area contributed by atoms with Gasteiger partial charge in [-0.1, -0.05) is 27.7 Å². The second kappa shape index (κ2) is 5.90. The summed E-state index contributed by atoms with van der Waals surface area (Å²) in [5.74, 6) is -3.49. The first-order chi connectivity index (χ1) is 9.59. The predicted octanol–water partition coefficient (Wildman–Crippen LogP) is 3.24. The van der Waals surface area contributed by atoms with Crippen LogP contribution in [0.5, 0.6) is 0 Å². The van der Waals surface area contributed by atoms with Crippen molar-refractivity contribution in [1.29, 1.82) is 0 Å². The molecule has 0 bridgehead atoms. The molecule has 0 heterocycles. The van der Waals surface area contributed by atoms with Crippen LogP contribution in [0.25, 0.3) is 0 Å². The number of rotatable bonds is 5. The van der Waals surface area contributed by atoms with Crippen molar-refractivity contribution in [3.8, 4) is 0 Å². The largest absolute Gasteiger partial charge is 0.478 e. The maximum absolute atomic E-state index is 11.5. The molecule has 2 N–H and O–H groups in total. The van der Waals surface area contributed by atoms with Gasteiger partial charge in [-0.05, 0) is 23.5 Å². The summed E-state index contributed by atoms with van der Waals surface area (Å²) in [5.41, 5.74) is -1.04. The van der Waals surface area contributed by atoms with Crippen LogP contribution in [-0.2, 0) is 0 Å². The lowest BCUT2D eigenvalue weighted by molar-refractivity contribution is -0.386. The van der Waals surface area contributed by atoms with E-state index in [0.717, 1.165) is 6.07 Å². The molecule has 7 nitrogen and oxygen atoms in total. The van der Waals surface area contributed by atoms with E-state index >= 15 is 0 Å². The van der Waals surface area contributed by atoms with Gasteiger partial charge in [0.05, 0.1) is 10.5 Å². The first-order valence-electron chi connectivity index (χ1n) is 6.41. The van der Waals surface area contributed by atoms with E-state index in [0.29, 0.717) is 0 Å². The number of carboxylic acids is 2. The third-order valence-electron chi connectivity index (χ3n) is 3.19. The van der Waals surface area contributed by atoms with E-state index in [9.17, 15) is 29.9 Å². The number of aromatic carboxylic acids is 2. The van der Waals surface area contributed by atoms with E-state index in [1.54, 1.807) is 27.7 Å². The number of hydrogen-bond acceptors (Lipinski definition) is 4. The Morgan fingerprint density at radius 2 is 1.62 bits per heavy atom. The fraction of sp³-hybridized carbons (Fsp3) is 0.429. The normalized spacial score (nSPS) is 11.0.